The highest BCUT2D eigenvalue weighted by Crippen LogP contribution is 2.28. The average molecular weight is 323 g/mol. The van der Waals surface area contributed by atoms with E-state index in [1.54, 1.807) is 6.20 Å². The van der Waals surface area contributed by atoms with E-state index in [1.165, 1.54) is 12.8 Å². The van der Waals surface area contributed by atoms with Crippen molar-refractivity contribution in [2.75, 3.05) is 32.8 Å². The van der Waals surface area contributed by atoms with Crippen LogP contribution < -0.4 is 10.6 Å². The van der Waals surface area contributed by atoms with Gasteiger partial charge >= 0.3 is 0 Å². The standard InChI is InChI=1S/C16H29N5O2/c1-2-17-16(18-7-3-9-21-10-4-8-20-21)19-11-15(22)13-23-12-14-5-6-14/h4,8,10,14-15,22H,2-3,5-7,9,11-13H2,1H3,(H2,17,18,19). The molecule has 3 N–H and O–H groups in total. The topological polar surface area (TPSA) is 83.7 Å². The number of hydrogen-bond acceptors (Lipinski definition) is 4. The maximum Gasteiger partial charge on any atom is 0.191 e. The Balaban J connectivity index is 1.59. The van der Waals surface area contributed by atoms with E-state index in [-0.39, 0.29) is 0 Å². The summed E-state index contributed by atoms with van der Waals surface area (Å²) in [6.07, 6.45) is 6.68. The first-order valence-electron chi connectivity index (χ1n) is 8.53. The maximum atomic E-state index is 9.90. The monoisotopic (exact) mass is 323 g/mol. The third-order valence-electron chi connectivity index (χ3n) is 3.58. The fourth-order valence-electron chi connectivity index (χ4n) is 2.13. The molecule has 23 heavy (non-hydrogen) atoms. The minimum Gasteiger partial charge on any atom is -0.389 e. The quantitative estimate of drug-likeness (QED) is 0.316. The Morgan fingerprint density at radius 1 is 1.48 bits per heavy atom. The summed E-state index contributed by atoms with van der Waals surface area (Å²) in [5, 5.41) is 20.5. The molecular weight excluding hydrogens is 294 g/mol. The molecular formula is C16H29N5O2. The van der Waals surface area contributed by atoms with Gasteiger partial charge in [0, 0.05) is 38.6 Å². The number of aromatic nitrogens is 2. The lowest BCUT2D eigenvalue weighted by Gasteiger charge is -2.13. The summed E-state index contributed by atoms with van der Waals surface area (Å²) < 4.78 is 7.39. The Morgan fingerprint density at radius 3 is 3.04 bits per heavy atom. The Hall–Kier alpha value is -1.60. The lowest BCUT2D eigenvalue weighted by atomic mass is 10.4. The summed E-state index contributed by atoms with van der Waals surface area (Å²) >= 11 is 0. The first-order chi connectivity index (χ1) is 11.3. The Labute approximate surface area is 138 Å². The van der Waals surface area contributed by atoms with Crippen molar-refractivity contribution in [2.45, 2.75) is 38.8 Å². The third-order valence-corrected chi connectivity index (χ3v) is 3.58. The van der Waals surface area contributed by atoms with E-state index in [2.05, 4.69) is 20.7 Å². The molecule has 0 saturated heterocycles. The molecule has 1 fully saturated rings. The van der Waals surface area contributed by atoms with E-state index < -0.39 is 6.10 Å². The van der Waals surface area contributed by atoms with Gasteiger partial charge in [-0.3, -0.25) is 9.67 Å². The van der Waals surface area contributed by atoms with Gasteiger partial charge in [0.15, 0.2) is 5.96 Å². The Kier molecular flexibility index (Phi) is 7.89. The molecule has 1 atom stereocenters. The first kappa shape index (κ1) is 17.7. The molecule has 0 spiro atoms. The van der Waals surface area contributed by atoms with Gasteiger partial charge in [-0.15, -0.1) is 0 Å². The van der Waals surface area contributed by atoms with Gasteiger partial charge in [0.25, 0.3) is 0 Å². The number of aliphatic hydroxyl groups is 1. The van der Waals surface area contributed by atoms with E-state index in [4.69, 9.17) is 4.74 Å². The molecule has 0 aliphatic heterocycles. The van der Waals surface area contributed by atoms with Crippen LogP contribution in [0.2, 0.25) is 0 Å². The second kappa shape index (κ2) is 10.2. The number of aliphatic imine (C=N–C) groups is 1. The molecule has 0 radical (unpaired) electrons. The predicted molar refractivity (Wildman–Crippen MR) is 90.4 cm³/mol. The van der Waals surface area contributed by atoms with Gasteiger partial charge in [-0.25, -0.2) is 0 Å². The second-order valence-corrected chi connectivity index (χ2v) is 5.90. The highest BCUT2D eigenvalue weighted by Gasteiger charge is 2.21. The number of nitrogens with zero attached hydrogens (tertiary/aromatic N) is 3. The molecule has 2 rings (SSSR count). The van der Waals surface area contributed by atoms with Crippen LogP contribution in [-0.4, -0.2) is 59.8 Å². The van der Waals surface area contributed by atoms with E-state index in [0.29, 0.717) is 13.2 Å². The second-order valence-electron chi connectivity index (χ2n) is 5.90. The van der Waals surface area contributed by atoms with E-state index in [9.17, 15) is 5.11 Å². The number of guanidine groups is 1. The molecule has 0 bridgehead atoms. The molecule has 1 heterocycles. The van der Waals surface area contributed by atoms with Gasteiger partial charge in [0.2, 0.25) is 0 Å². The smallest absolute Gasteiger partial charge is 0.191 e. The molecule has 1 aromatic rings. The molecule has 130 valence electrons. The summed E-state index contributed by atoms with van der Waals surface area (Å²) in [4.78, 5) is 4.40. The SMILES string of the molecule is CCNC(=NCC(O)COCC1CC1)NCCCn1cccn1. The fraction of sp³-hybridized carbons (Fsp3) is 0.750. The van der Waals surface area contributed by atoms with Crippen molar-refractivity contribution in [3.05, 3.63) is 18.5 Å². The summed E-state index contributed by atoms with van der Waals surface area (Å²) in [5.41, 5.74) is 0. The summed E-state index contributed by atoms with van der Waals surface area (Å²) in [6.45, 7) is 5.97. The van der Waals surface area contributed by atoms with Crippen molar-refractivity contribution in [1.29, 1.82) is 0 Å². The van der Waals surface area contributed by atoms with E-state index in [1.807, 2.05) is 23.9 Å². The Bertz CT molecular complexity index is 445. The Morgan fingerprint density at radius 2 is 2.35 bits per heavy atom. The van der Waals surface area contributed by atoms with Gasteiger partial charge in [0.1, 0.15) is 0 Å². The molecule has 1 aliphatic rings. The lowest BCUT2D eigenvalue weighted by molar-refractivity contribution is 0.0368. The highest BCUT2D eigenvalue weighted by atomic mass is 16.5. The van der Waals surface area contributed by atoms with Crippen LogP contribution in [0.1, 0.15) is 26.2 Å². The molecule has 1 unspecified atom stereocenters. The van der Waals surface area contributed by atoms with Gasteiger partial charge in [0.05, 0.1) is 19.3 Å². The van der Waals surface area contributed by atoms with Crippen molar-refractivity contribution in [3.8, 4) is 0 Å². The summed E-state index contributed by atoms with van der Waals surface area (Å²) in [6, 6.07) is 1.92. The molecule has 1 aliphatic carbocycles. The summed E-state index contributed by atoms with van der Waals surface area (Å²) in [7, 11) is 0. The van der Waals surface area contributed by atoms with Crippen LogP contribution in [0.25, 0.3) is 0 Å². The minimum atomic E-state index is -0.548. The van der Waals surface area contributed by atoms with Crippen molar-refractivity contribution < 1.29 is 9.84 Å². The van der Waals surface area contributed by atoms with E-state index >= 15 is 0 Å². The van der Waals surface area contributed by atoms with Crippen molar-refractivity contribution in [2.24, 2.45) is 10.9 Å². The largest absolute Gasteiger partial charge is 0.389 e. The zero-order chi connectivity index (χ0) is 16.3. The predicted octanol–water partition coefficient (Wildman–Crippen LogP) is 0.616. The highest BCUT2D eigenvalue weighted by molar-refractivity contribution is 5.79. The molecule has 7 nitrogen and oxygen atoms in total. The fourth-order valence-corrected chi connectivity index (χ4v) is 2.13. The number of ether oxygens (including phenoxy) is 1. The zero-order valence-electron chi connectivity index (χ0n) is 13.9. The molecule has 7 heteroatoms. The van der Waals surface area contributed by atoms with Crippen LogP contribution in [0.4, 0.5) is 0 Å². The maximum absolute atomic E-state index is 9.90. The number of nitrogens with one attached hydrogen (secondary N) is 2. The molecule has 1 aromatic heterocycles. The van der Waals surface area contributed by atoms with E-state index in [0.717, 1.165) is 44.5 Å². The first-order valence-corrected chi connectivity index (χ1v) is 8.53. The number of aryl methyl sites for hydroxylation is 1. The van der Waals surface area contributed by atoms with Crippen molar-refractivity contribution >= 4 is 5.96 Å². The van der Waals surface area contributed by atoms with Gasteiger partial charge in [-0.05, 0) is 38.2 Å². The van der Waals surface area contributed by atoms with Crippen LogP contribution in [0.3, 0.4) is 0 Å². The van der Waals surface area contributed by atoms with Gasteiger partial charge in [-0.1, -0.05) is 0 Å². The number of hydrogen-bond donors (Lipinski definition) is 3. The van der Waals surface area contributed by atoms with Crippen LogP contribution in [-0.2, 0) is 11.3 Å². The molecule has 1 saturated carbocycles. The zero-order valence-corrected chi connectivity index (χ0v) is 13.9. The number of aliphatic hydroxyl groups excluding tert-OH is 1. The molecule has 0 amide bonds. The average Bonchev–Trinajstić information content (AvgIpc) is 3.22. The van der Waals surface area contributed by atoms with Crippen LogP contribution in [0.15, 0.2) is 23.5 Å². The van der Waals surface area contributed by atoms with Gasteiger partial charge < -0.3 is 20.5 Å². The van der Waals surface area contributed by atoms with Crippen LogP contribution in [0, 0.1) is 5.92 Å². The van der Waals surface area contributed by atoms with Crippen LogP contribution >= 0.6 is 0 Å². The normalized spacial score (nSPS) is 16.3. The van der Waals surface area contributed by atoms with Gasteiger partial charge in [-0.2, -0.15) is 5.10 Å². The third kappa shape index (κ3) is 7.99. The summed E-state index contributed by atoms with van der Waals surface area (Å²) in [5.74, 6) is 1.45. The van der Waals surface area contributed by atoms with Crippen LogP contribution in [0.5, 0.6) is 0 Å². The minimum absolute atomic E-state index is 0.346. The van der Waals surface area contributed by atoms with Crippen molar-refractivity contribution in [1.82, 2.24) is 20.4 Å². The number of rotatable bonds is 11. The molecule has 0 aromatic carbocycles. The lowest BCUT2D eigenvalue weighted by Crippen LogP contribution is -2.39. The van der Waals surface area contributed by atoms with Crippen molar-refractivity contribution in [3.63, 3.8) is 0 Å².